The molecule has 26 heavy (non-hydrogen) atoms. The first-order valence-corrected chi connectivity index (χ1v) is 8.70. The maximum absolute atomic E-state index is 9.82. The Kier molecular flexibility index (Phi) is 49.6. The summed E-state index contributed by atoms with van der Waals surface area (Å²) < 4.78 is 23.4. The maximum atomic E-state index is 9.82. The number of carbonyl (C=O) groups is 1. The summed E-state index contributed by atoms with van der Waals surface area (Å²) in [5.41, 5.74) is 0. The smallest absolute Gasteiger partial charge is 0.302 e. The van der Waals surface area contributed by atoms with Crippen LogP contribution in [-0.4, -0.2) is 101 Å². The second kappa shape index (κ2) is 39.3. The molecule has 0 saturated carbocycles. The number of carbonyl (C=O) groups excluding carboxylic acids is 1. The lowest BCUT2D eigenvalue weighted by molar-refractivity contribution is -0.140. The van der Waals surface area contributed by atoms with E-state index in [0.29, 0.717) is 39.6 Å². The molecule has 0 aliphatic heterocycles. The molecule has 0 fully saturated rings. The fourth-order valence-electron chi connectivity index (χ4n) is 0.950. The number of hydrogen-bond donors (Lipinski definition) is 3. The van der Waals surface area contributed by atoms with E-state index >= 15 is 0 Å². The van der Waals surface area contributed by atoms with E-state index in [1.807, 2.05) is 13.8 Å². The van der Waals surface area contributed by atoms with Crippen LogP contribution in [0, 0.1) is 0 Å². The first-order chi connectivity index (χ1) is 12.5. The Morgan fingerprint density at radius 2 is 1.12 bits per heavy atom. The molecule has 0 rings (SSSR count). The lowest BCUT2D eigenvalue weighted by Gasteiger charge is -2.01. The van der Waals surface area contributed by atoms with Crippen molar-refractivity contribution < 1.29 is 43.8 Å². The Balaban J connectivity index is -0.000000131. The average molecular weight is 388 g/mol. The number of esters is 1. The minimum Gasteiger partial charge on any atom is -0.466 e. The van der Waals surface area contributed by atoms with Gasteiger partial charge in [-0.1, -0.05) is 0 Å². The molecule has 3 N–H and O–H groups in total. The third-order valence-electron chi connectivity index (χ3n) is 1.89. The summed E-state index contributed by atoms with van der Waals surface area (Å²) in [5, 5.41) is 24.5. The highest BCUT2D eigenvalue weighted by molar-refractivity contribution is 5.65. The van der Waals surface area contributed by atoms with Crippen molar-refractivity contribution >= 4 is 5.97 Å². The number of aliphatic hydroxyl groups is 3. The van der Waals surface area contributed by atoms with Crippen LogP contribution < -0.4 is 0 Å². The first kappa shape index (κ1) is 32.8. The van der Waals surface area contributed by atoms with Crippen LogP contribution in [0.4, 0.5) is 0 Å². The normalized spacial score (nSPS) is 8.92. The second-order valence-corrected chi connectivity index (χ2v) is 4.09. The maximum Gasteiger partial charge on any atom is 0.302 e. The highest BCUT2D eigenvalue weighted by atomic mass is 16.5. The lowest BCUT2D eigenvalue weighted by atomic mass is 10.7. The van der Waals surface area contributed by atoms with Gasteiger partial charge in [0.05, 0.1) is 59.5 Å². The summed E-state index contributed by atoms with van der Waals surface area (Å²) in [6.45, 7) is 11.6. The van der Waals surface area contributed by atoms with E-state index in [-0.39, 0.29) is 25.8 Å². The molecule has 0 aromatic carbocycles. The predicted molar refractivity (Wildman–Crippen MR) is 99.2 cm³/mol. The molecule has 0 radical (unpaired) electrons. The first-order valence-electron chi connectivity index (χ1n) is 8.70. The summed E-state index contributed by atoms with van der Waals surface area (Å²) in [7, 11) is 1.55. The SMILES string of the molecule is CCOC(C)=O.CCOCC.COCCO.OCCOCCOCCO. The number of rotatable bonds is 12. The van der Waals surface area contributed by atoms with Crippen molar-refractivity contribution in [3.63, 3.8) is 0 Å². The van der Waals surface area contributed by atoms with Crippen LogP contribution in [0.15, 0.2) is 0 Å². The molecule has 0 atom stereocenters. The number of hydrogen-bond acceptors (Lipinski definition) is 9. The Morgan fingerprint density at radius 3 is 1.23 bits per heavy atom. The highest BCUT2D eigenvalue weighted by Gasteiger charge is 1.86. The van der Waals surface area contributed by atoms with Crippen LogP contribution >= 0.6 is 0 Å². The molecule has 0 amide bonds. The van der Waals surface area contributed by atoms with Gasteiger partial charge in [-0.2, -0.15) is 0 Å². The van der Waals surface area contributed by atoms with Gasteiger partial charge in [-0.25, -0.2) is 0 Å². The van der Waals surface area contributed by atoms with Crippen molar-refractivity contribution in [1.29, 1.82) is 0 Å². The van der Waals surface area contributed by atoms with Crippen molar-refractivity contribution in [2.24, 2.45) is 0 Å². The van der Waals surface area contributed by atoms with Gasteiger partial charge in [-0.3, -0.25) is 4.79 Å². The molecule has 0 aliphatic rings. The number of methoxy groups -OCH3 is 1. The quantitative estimate of drug-likeness (QED) is 0.318. The van der Waals surface area contributed by atoms with Gasteiger partial charge >= 0.3 is 5.97 Å². The van der Waals surface area contributed by atoms with E-state index in [1.165, 1.54) is 6.92 Å². The minimum absolute atomic E-state index is 0.0417. The van der Waals surface area contributed by atoms with Crippen molar-refractivity contribution in [2.75, 3.05) is 79.8 Å². The predicted octanol–water partition coefficient (Wildman–Crippen LogP) is 0.242. The summed E-state index contributed by atoms with van der Waals surface area (Å²) in [6.07, 6.45) is 0. The van der Waals surface area contributed by atoms with Crippen LogP contribution in [0.2, 0.25) is 0 Å². The van der Waals surface area contributed by atoms with Gasteiger partial charge in [0.1, 0.15) is 0 Å². The second-order valence-electron chi connectivity index (χ2n) is 4.09. The van der Waals surface area contributed by atoms with Crippen molar-refractivity contribution in [2.45, 2.75) is 27.7 Å². The topological polar surface area (TPSA) is 124 Å². The van der Waals surface area contributed by atoms with Gasteiger partial charge < -0.3 is 39.0 Å². The zero-order valence-corrected chi connectivity index (χ0v) is 17.1. The molecule has 0 bridgehead atoms. The van der Waals surface area contributed by atoms with Gasteiger partial charge in [0, 0.05) is 27.2 Å². The molecule has 0 unspecified atom stereocenters. The van der Waals surface area contributed by atoms with E-state index < -0.39 is 0 Å². The number of aliphatic hydroxyl groups excluding tert-OH is 3. The van der Waals surface area contributed by atoms with E-state index in [9.17, 15) is 4.79 Å². The lowest BCUT2D eigenvalue weighted by Crippen LogP contribution is -2.09. The molecule has 9 nitrogen and oxygen atoms in total. The summed E-state index contributed by atoms with van der Waals surface area (Å²) >= 11 is 0. The Morgan fingerprint density at radius 1 is 0.692 bits per heavy atom. The fraction of sp³-hybridized carbons (Fsp3) is 0.941. The molecule has 0 spiro atoms. The van der Waals surface area contributed by atoms with Gasteiger partial charge in [-0.15, -0.1) is 0 Å². The molecule has 162 valence electrons. The van der Waals surface area contributed by atoms with E-state index in [0.717, 1.165) is 13.2 Å². The fourth-order valence-corrected chi connectivity index (χ4v) is 0.950. The van der Waals surface area contributed by atoms with Crippen LogP contribution in [-0.2, 0) is 28.5 Å². The zero-order chi connectivity index (χ0) is 20.9. The Hall–Kier alpha value is -0.810. The third kappa shape index (κ3) is 65.6. The van der Waals surface area contributed by atoms with Gasteiger partial charge in [0.25, 0.3) is 0 Å². The summed E-state index contributed by atoms with van der Waals surface area (Å²) in [5.74, 6) is -0.211. The molecule has 0 aromatic heterocycles. The van der Waals surface area contributed by atoms with Crippen molar-refractivity contribution in [1.82, 2.24) is 0 Å². The van der Waals surface area contributed by atoms with Gasteiger partial charge in [0.15, 0.2) is 0 Å². The summed E-state index contributed by atoms with van der Waals surface area (Å²) in [6, 6.07) is 0. The van der Waals surface area contributed by atoms with Crippen molar-refractivity contribution in [3.8, 4) is 0 Å². The molecule has 0 saturated heterocycles. The van der Waals surface area contributed by atoms with E-state index in [2.05, 4.69) is 9.47 Å². The van der Waals surface area contributed by atoms with Crippen molar-refractivity contribution in [3.05, 3.63) is 0 Å². The molecular weight excluding hydrogens is 348 g/mol. The van der Waals surface area contributed by atoms with E-state index in [1.54, 1.807) is 14.0 Å². The summed E-state index contributed by atoms with van der Waals surface area (Å²) in [4.78, 5) is 9.82. The Bertz CT molecular complexity index is 198. The largest absolute Gasteiger partial charge is 0.466 e. The molecular formula is C17H40O9. The molecule has 9 heteroatoms. The third-order valence-corrected chi connectivity index (χ3v) is 1.89. The molecule has 0 heterocycles. The average Bonchev–Trinajstić information content (AvgIpc) is 2.61. The van der Waals surface area contributed by atoms with Crippen LogP contribution in [0.5, 0.6) is 0 Å². The van der Waals surface area contributed by atoms with Gasteiger partial charge in [0.2, 0.25) is 0 Å². The van der Waals surface area contributed by atoms with Crippen LogP contribution in [0.1, 0.15) is 27.7 Å². The monoisotopic (exact) mass is 388 g/mol. The minimum atomic E-state index is -0.211. The standard InChI is InChI=1S/C6H14O4.C4H8O2.C4H10O.C3H8O2/c7-1-3-9-5-6-10-4-2-8;1-3-6-4(2)5;1-3-5-4-2;1-5-3-2-4/h7-8H,1-6H2;3H2,1-2H3;3-4H2,1-2H3;4H,2-3H2,1H3. The highest BCUT2D eigenvalue weighted by Crippen LogP contribution is 1.76. The van der Waals surface area contributed by atoms with Crippen LogP contribution in [0.3, 0.4) is 0 Å². The van der Waals surface area contributed by atoms with Gasteiger partial charge in [-0.05, 0) is 20.8 Å². The van der Waals surface area contributed by atoms with Crippen LogP contribution in [0.25, 0.3) is 0 Å². The Labute approximate surface area is 158 Å². The zero-order valence-electron chi connectivity index (χ0n) is 17.1. The molecule has 0 aliphatic carbocycles. The molecule has 0 aromatic rings. The van der Waals surface area contributed by atoms with E-state index in [4.69, 9.17) is 29.5 Å². The number of ether oxygens (including phenoxy) is 5.